The second-order valence-electron chi connectivity index (χ2n) is 8.73. The number of nitrogens with zero attached hydrogens (tertiary/aromatic N) is 3. The molecular formula is C19H31BrClN3O3Si2. The summed E-state index contributed by atoms with van der Waals surface area (Å²) >= 11 is 9.84. The Kier molecular flexibility index (Phi) is 9.36. The maximum atomic E-state index is 12.9. The Hall–Kier alpha value is -0.716. The Morgan fingerprint density at radius 3 is 2.48 bits per heavy atom. The Bertz CT molecular complexity index is 865. The number of hydrogen-bond donors (Lipinski definition) is 0. The van der Waals surface area contributed by atoms with Crippen molar-refractivity contribution in [2.75, 3.05) is 13.2 Å². The lowest BCUT2D eigenvalue weighted by molar-refractivity contribution is 0.0694. The Morgan fingerprint density at radius 2 is 1.86 bits per heavy atom. The van der Waals surface area contributed by atoms with Crippen LogP contribution in [0.4, 0.5) is 0 Å². The lowest BCUT2D eigenvalue weighted by Gasteiger charge is -2.15. The van der Waals surface area contributed by atoms with E-state index in [9.17, 15) is 4.79 Å². The number of ether oxygens (including phenoxy) is 2. The molecule has 1 heterocycles. The predicted molar refractivity (Wildman–Crippen MR) is 128 cm³/mol. The molecule has 0 spiro atoms. The third-order valence-electron chi connectivity index (χ3n) is 4.36. The molecule has 1 aromatic carbocycles. The third-order valence-corrected chi connectivity index (χ3v) is 8.27. The van der Waals surface area contributed by atoms with Crippen LogP contribution in [-0.4, -0.2) is 44.4 Å². The summed E-state index contributed by atoms with van der Waals surface area (Å²) in [5, 5.41) is 5.02. The monoisotopic (exact) mass is 519 g/mol. The van der Waals surface area contributed by atoms with Crippen molar-refractivity contribution in [2.24, 2.45) is 0 Å². The van der Waals surface area contributed by atoms with E-state index in [1.165, 1.54) is 9.25 Å². The van der Waals surface area contributed by atoms with Crippen LogP contribution in [0.1, 0.15) is 0 Å². The maximum absolute atomic E-state index is 12.9. The summed E-state index contributed by atoms with van der Waals surface area (Å²) in [7, 11) is -1.89. The maximum Gasteiger partial charge on any atom is 0.350 e. The highest BCUT2D eigenvalue weighted by Gasteiger charge is 2.19. The third kappa shape index (κ3) is 7.80. The Balaban J connectivity index is 2.24. The highest BCUT2D eigenvalue weighted by molar-refractivity contribution is 9.10. The van der Waals surface area contributed by atoms with Crippen molar-refractivity contribution in [3.05, 3.63) is 38.2 Å². The summed E-state index contributed by atoms with van der Waals surface area (Å²) < 4.78 is 15.3. The average molecular weight is 521 g/mol. The first-order valence-corrected chi connectivity index (χ1v) is 17.9. The first kappa shape index (κ1) is 24.6. The normalized spacial score (nSPS) is 12.1. The highest BCUT2D eigenvalue weighted by atomic mass is 79.9. The van der Waals surface area contributed by atoms with Gasteiger partial charge in [0.05, 0.1) is 5.02 Å². The molecular weight excluding hydrogens is 490 g/mol. The minimum atomic E-state index is -1.20. The summed E-state index contributed by atoms with van der Waals surface area (Å²) in [6.45, 7) is 13.0. The van der Waals surface area contributed by atoms with Crippen molar-refractivity contribution in [1.82, 2.24) is 14.3 Å². The van der Waals surface area contributed by atoms with Gasteiger partial charge < -0.3 is 9.47 Å². The van der Waals surface area contributed by atoms with Gasteiger partial charge in [0.15, 0.2) is 5.82 Å². The topological polar surface area (TPSA) is 58.3 Å². The molecule has 0 aliphatic rings. The molecule has 0 atom stereocenters. The molecule has 0 bridgehead atoms. The Labute approximate surface area is 188 Å². The molecule has 10 heteroatoms. The molecule has 2 aromatic rings. The molecule has 162 valence electrons. The van der Waals surface area contributed by atoms with Gasteiger partial charge >= 0.3 is 5.69 Å². The summed E-state index contributed by atoms with van der Waals surface area (Å²) in [6, 6.07) is 7.63. The molecule has 0 amide bonds. The summed E-state index contributed by atoms with van der Waals surface area (Å²) in [5.74, 6) is 0.488. The van der Waals surface area contributed by atoms with E-state index in [4.69, 9.17) is 21.1 Å². The minimum absolute atomic E-state index is 0.128. The number of hydrogen-bond acceptors (Lipinski definition) is 4. The van der Waals surface area contributed by atoms with Gasteiger partial charge in [-0.2, -0.15) is 4.68 Å². The minimum Gasteiger partial charge on any atom is -0.361 e. The van der Waals surface area contributed by atoms with E-state index in [0.717, 1.165) is 16.6 Å². The molecule has 2 rings (SSSR count). The fourth-order valence-corrected chi connectivity index (χ4v) is 4.67. The van der Waals surface area contributed by atoms with Crippen LogP contribution in [0.2, 0.25) is 49.8 Å². The van der Waals surface area contributed by atoms with Crippen molar-refractivity contribution < 1.29 is 9.47 Å². The second kappa shape index (κ2) is 11.1. The largest absolute Gasteiger partial charge is 0.361 e. The van der Waals surface area contributed by atoms with Gasteiger partial charge in [-0.25, -0.2) is 4.79 Å². The predicted octanol–water partition coefficient (Wildman–Crippen LogP) is 4.90. The molecule has 0 saturated heterocycles. The highest BCUT2D eigenvalue weighted by Crippen LogP contribution is 2.29. The van der Waals surface area contributed by atoms with Gasteiger partial charge in [-0.3, -0.25) is 4.57 Å². The van der Waals surface area contributed by atoms with Gasteiger partial charge in [0.25, 0.3) is 0 Å². The van der Waals surface area contributed by atoms with Crippen molar-refractivity contribution in [1.29, 1.82) is 0 Å². The zero-order chi connectivity index (χ0) is 21.6. The zero-order valence-corrected chi connectivity index (χ0v) is 22.4. The molecule has 0 aliphatic carbocycles. The summed E-state index contributed by atoms with van der Waals surface area (Å²) in [4.78, 5) is 12.9. The quantitative estimate of drug-likeness (QED) is 0.312. The van der Waals surface area contributed by atoms with Crippen LogP contribution >= 0.6 is 27.5 Å². The fraction of sp³-hybridized carbons (Fsp3) is 0.579. The standard InChI is InChI=1S/C19H31BrClN3O3Si2/c1-28(2)10-8-26-14-24-19(25)23(13-27-9-11-29(3,4)5)18(22-24)16-7-6-15(20)12-17(16)21/h6-7,12,28H,8-11,13-14H2,1-5H3. The van der Waals surface area contributed by atoms with Crippen molar-refractivity contribution in [3.63, 3.8) is 0 Å². The van der Waals surface area contributed by atoms with Crippen LogP contribution < -0.4 is 5.69 Å². The van der Waals surface area contributed by atoms with Gasteiger partial charge in [-0.1, -0.05) is 60.3 Å². The average Bonchev–Trinajstić information content (AvgIpc) is 2.90. The molecule has 29 heavy (non-hydrogen) atoms. The van der Waals surface area contributed by atoms with Gasteiger partial charge in [-0.15, -0.1) is 5.10 Å². The zero-order valence-electron chi connectivity index (χ0n) is 17.9. The van der Waals surface area contributed by atoms with Crippen LogP contribution in [0.5, 0.6) is 0 Å². The van der Waals surface area contributed by atoms with Gasteiger partial charge in [-0.05, 0) is 30.3 Å². The Morgan fingerprint density at radius 1 is 1.17 bits per heavy atom. The van der Waals surface area contributed by atoms with E-state index in [1.54, 1.807) is 6.07 Å². The lowest BCUT2D eigenvalue weighted by atomic mass is 10.2. The molecule has 0 fully saturated rings. The van der Waals surface area contributed by atoms with Crippen LogP contribution in [0.3, 0.4) is 0 Å². The molecule has 0 saturated carbocycles. The van der Waals surface area contributed by atoms with E-state index in [1.807, 2.05) is 12.1 Å². The van der Waals surface area contributed by atoms with E-state index in [0.29, 0.717) is 29.6 Å². The molecule has 6 nitrogen and oxygen atoms in total. The molecule has 0 aliphatic heterocycles. The molecule has 1 aromatic heterocycles. The molecule has 0 unspecified atom stereocenters. The first-order valence-electron chi connectivity index (χ1n) is 9.87. The number of benzene rings is 1. The van der Waals surface area contributed by atoms with E-state index in [2.05, 4.69) is 53.8 Å². The molecule has 0 radical (unpaired) electrons. The SMILES string of the molecule is C[SiH](C)CCOCn1nc(-c2ccc(Br)cc2Cl)n(COCC[Si](C)(C)C)c1=O. The van der Waals surface area contributed by atoms with E-state index >= 15 is 0 Å². The number of halogens is 2. The van der Waals surface area contributed by atoms with Crippen LogP contribution in [0.25, 0.3) is 11.4 Å². The fourth-order valence-electron chi connectivity index (χ4n) is 2.52. The van der Waals surface area contributed by atoms with Crippen molar-refractivity contribution in [3.8, 4) is 11.4 Å². The number of rotatable bonds is 11. The van der Waals surface area contributed by atoms with Gasteiger partial charge in [0, 0.05) is 40.1 Å². The number of aromatic nitrogens is 3. The van der Waals surface area contributed by atoms with Crippen molar-refractivity contribution >= 4 is 44.4 Å². The van der Waals surface area contributed by atoms with Gasteiger partial charge in [0.2, 0.25) is 0 Å². The van der Waals surface area contributed by atoms with E-state index < -0.39 is 16.9 Å². The van der Waals surface area contributed by atoms with Crippen LogP contribution in [-0.2, 0) is 22.9 Å². The first-order chi connectivity index (χ1) is 13.6. The van der Waals surface area contributed by atoms with Crippen LogP contribution in [0, 0.1) is 0 Å². The van der Waals surface area contributed by atoms with Crippen molar-refractivity contribution in [2.45, 2.75) is 58.3 Å². The van der Waals surface area contributed by atoms with E-state index in [-0.39, 0.29) is 19.2 Å². The lowest BCUT2D eigenvalue weighted by Crippen LogP contribution is -2.28. The van der Waals surface area contributed by atoms with Crippen LogP contribution in [0.15, 0.2) is 27.5 Å². The van der Waals surface area contributed by atoms with Gasteiger partial charge in [0.1, 0.15) is 13.5 Å². The summed E-state index contributed by atoms with van der Waals surface area (Å²) in [5.41, 5.74) is 0.433. The molecule has 0 N–H and O–H groups in total. The smallest absolute Gasteiger partial charge is 0.350 e. The summed E-state index contributed by atoms with van der Waals surface area (Å²) in [6.07, 6.45) is 0. The second-order valence-corrected chi connectivity index (χ2v) is 19.0.